The smallest absolute Gasteiger partial charge is 0.248 e. The van der Waals surface area contributed by atoms with Crippen LogP contribution < -0.4 is 15.4 Å². The van der Waals surface area contributed by atoms with Crippen LogP contribution in [0.15, 0.2) is 54.6 Å². The molecule has 7 heteroatoms. The van der Waals surface area contributed by atoms with Gasteiger partial charge in [-0.15, -0.1) is 0 Å². The highest BCUT2D eigenvalue weighted by Gasteiger charge is 2.15. The van der Waals surface area contributed by atoms with Crippen LogP contribution in [0.5, 0.6) is 5.75 Å². The number of unbranched alkanes of at least 4 members (excludes halogenated alkanes) is 3. The number of ether oxygens (including phenoxy) is 2. The Labute approximate surface area is 233 Å². The molecule has 0 spiro atoms. The lowest BCUT2D eigenvalue weighted by atomic mass is 10.1. The summed E-state index contributed by atoms with van der Waals surface area (Å²) >= 11 is 10.5. The Kier molecular flexibility index (Phi) is 14.6. The molecule has 2 N–H and O–H groups in total. The Hall–Kier alpha value is -2.15. The summed E-state index contributed by atoms with van der Waals surface area (Å²) in [5.74, 6) is 1.54. The first-order valence-corrected chi connectivity index (χ1v) is 14.3. The average Bonchev–Trinajstić information content (AvgIpc) is 2.90. The van der Waals surface area contributed by atoms with Gasteiger partial charge in [0.25, 0.3) is 0 Å². The lowest BCUT2D eigenvalue weighted by Gasteiger charge is -2.26. The van der Waals surface area contributed by atoms with Crippen molar-refractivity contribution in [2.24, 2.45) is 11.7 Å². The highest BCUT2D eigenvalue weighted by molar-refractivity contribution is 7.80. The van der Waals surface area contributed by atoms with E-state index in [1.807, 2.05) is 30.3 Å². The number of benzene rings is 2. The predicted octanol–water partition coefficient (Wildman–Crippen LogP) is 6.97. The van der Waals surface area contributed by atoms with Gasteiger partial charge in [-0.1, -0.05) is 42.8 Å². The highest BCUT2D eigenvalue weighted by Crippen LogP contribution is 2.30. The summed E-state index contributed by atoms with van der Waals surface area (Å²) in [6.07, 6.45) is 10.4. The SMILES string of the molecule is CCN(CCCC/C=C/C(OC)[C@H](C)CS)c1cc(C(N)=O)ccc1OCCCCc1cccc(Cl)c1. The molecule has 2 aromatic rings. The van der Waals surface area contributed by atoms with Crippen LogP contribution in [0.1, 0.15) is 61.9 Å². The molecule has 0 saturated heterocycles. The standard InChI is InChI=1S/C30H43ClN2O3S/c1-4-33(18-9-6-5-7-15-28(35-3)23(2)22-37)27-21-25(30(32)34)16-17-29(27)36-19-10-8-12-24-13-11-14-26(31)20-24/h7,11,13-17,20-21,23,28,37H,4-6,8-10,12,18-19,22H2,1-3H3,(H2,32,34)/b15-7+/t23-,28?/m1/s1. The number of hydrogen-bond donors (Lipinski definition) is 2. The van der Waals surface area contributed by atoms with Gasteiger partial charge in [-0.25, -0.2) is 0 Å². The van der Waals surface area contributed by atoms with Crippen LogP contribution in [-0.2, 0) is 11.2 Å². The predicted molar refractivity (Wildman–Crippen MR) is 160 cm³/mol. The summed E-state index contributed by atoms with van der Waals surface area (Å²) < 4.78 is 11.7. The molecule has 0 radical (unpaired) electrons. The zero-order valence-electron chi connectivity index (χ0n) is 22.5. The van der Waals surface area contributed by atoms with Gasteiger partial charge in [-0.2, -0.15) is 12.6 Å². The highest BCUT2D eigenvalue weighted by atomic mass is 35.5. The molecule has 2 rings (SSSR count). The molecule has 0 aliphatic carbocycles. The number of hydrogen-bond acceptors (Lipinski definition) is 5. The summed E-state index contributed by atoms with van der Waals surface area (Å²) in [5.41, 5.74) is 8.22. The quantitative estimate of drug-likeness (QED) is 0.120. The van der Waals surface area contributed by atoms with Crippen molar-refractivity contribution in [3.05, 3.63) is 70.8 Å². The number of thiol groups is 1. The van der Waals surface area contributed by atoms with E-state index in [0.717, 1.165) is 73.8 Å². The minimum atomic E-state index is -0.432. The normalized spacial score (nSPS) is 13.0. The molecule has 2 atom stereocenters. The van der Waals surface area contributed by atoms with E-state index in [-0.39, 0.29) is 6.10 Å². The van der Waals surface area contributed by atoms with E-state index in [9.17, 15) is 4.79 Å². The maximum atomic E-state index is 11.8. The maximum absolute atomic E-state index is 11.8. The maximum Gasteiger partial charge on any atom is 0.248 e. The summed E-state index contributed by atoms with van der Waals surface area (Å²) in [5, 5.41) is 0.769. The molecular weight excluding hydrogens is 504 g/mol. The molecule has 0 fully saturated rings. The van der Waals surface area contributed by atoms with Gasteiger partial charge in [0.1, 0.15) is 5.75 Å². The fourth-order valence-electron chi connectivity index (χ4n) is 4.19. The topological polar surface area (TPSA) is 64.8 Å². The number of nitrogens with two attached hydrogens (primary N) is 1. The van der Waals surface area contributed by atoms with E-state index in [1.165, 1.54) is 5.56 Å². The largest absolute Gasteiger partial charge is 0.491 e. The minimum absolute atomic E-state index is 0.103. The summed E-state index contributed by atoms with van der Waals surface area (Å²) in [7, 11) is 1.74. The summed E-state index contributed by atoms with van der Waals surface area (Å²) in [4.78, 5) is 14.1. The van der Waals surface area contributed by atoms with Gasteiger partial charge in [0.15, 0.2) is 0 Å². The van der Waals surface area contributed by atoms with Gasteiger partial charge >= 0.3 is 0 Å². The van der Waals surface area contributed by atoms with Crippen LogP contribution in [0.25, 0.3) is 0 Å². The third kappa shape index (κ3) is 11.0. The first-order valence-electron chi connectivity index (χ1n) is 13.3. The van der Waals surface area contributed by atoms with E-state index in [0.29, 0.717) is 18.1 Å². The van der Waals surface area contributed by atoms with Crippen molar-refractivity contribution in [1.29, 1.82) is 0 Å². The number of methoxy groups -OCH3 is 1. The number of carbonyl (C=O) groups excluding carboxylic acids is 1. The Bertz CT molecular complexity index is 985. The Morgan fingerprint density at radius 3 is 2.65 bits per heavy atom. The van der Waals surface area contributed by atoms with E-state index >= 15 is 0 Å². The number of halogens is 1. The molecule has 204 valence electrons. The van der Waals surface area contributed by atoms with Crippen LogP contribution >= 0.6 is 24.2 Å². The Morgan fingerprint density at radius 1 is 1.16 bits per heavy atom. The van der Waals surface area contributed by atoms with Crippen LogP contribution in [0, 0.1) is 5.92 Å². The number of carbonyl (C=O) groups is 1. The minimum Gasteiger partial charge on any atom is -0.491 e. The number of aryl methyl sites for hydroxylation is 1. The van der Waals surface area contributed by atoms with Crippen molar-refractivity contribution in [2.75, 3.05) is 37.5 Å². The van der Waals surface area contributed by atoms with Gasteiger partial charge in [0, 0.05) is 30.8 Å². The zero-order chi connectivity index (χ0) is 27.0. The fraction of sp³-hybridized carbons (Fsp3) is 0.500. The summed E-state index contributed by atoms with van der Waals surface area (Å²) in [6, 6.07) is 13.4. The third-order valence-electron chi connectivity index (χ3n) is 6.47. The molecule has 0 aromatic heterocycles. The third-order valence-corrected chi connectivity index (χ3v) is 7.28. The van der Waals surface area contributed by atoms with Gasteiger partial charge in [0.05, 0.1) is 18.4 Å². The van der Waals surface area contributed by atoms with E-state index in [4.69, 9.17) is 26.8 Å². The number of rotatable bonds is 18. The molecule has 0 saturated carbocycles. The van der Waals surface area contributed by atoms with Gasteiger partial charge in [-0.3, -0.25) is 4.79 Å². The van der Waals surface area contributed by atoms with Crippen molar-refractivity contribution < 1.29 is 14.3 Å². The second kappa shape index (κ2) is 17.4. The second-order valence-electron chi connectivity index (χ2n) is 9.35. The molecule has 2 aromatic carbocycles. The lowest BCUT2D eigenvalue weighted by Crippen LogP contribution is -2.25. The molecule has 0 aliphatic heterocycles. The van der Waals surface area contributed by atoms with Crippen LogP contribution in [0.4, 0.5) is 5.69 Å². The number of allylic oxidation sites excluding steroid dienone is 1. The van der Waals surface area contributed by atoms with E-state index in [1.54, 1.807) is 13.2 Å². The summed E-state index contributed by atoms with van der Waals surface area (Å²) in [6.45, 7) is 6.56. The van der Waals surface area contributed by atoms with Gasteiger partial charge in [-0.05, 0) is 93.0 Å². The van der Waals surface area contributed by atoms with Crippen molar-refractivity contribution in [3.63, 3.8) is 0 Å². The Balaban J connectivity index is 1.91. The number of nitrogens with zero attached hydrogens (tertiary/aromatic N) is 1. The number of amides is 1. The van der Waals surface area contributed by atoms with Gasteiger partial charge < -0.3 is 20.1 Å². The molecule has 37 heavy (non-hydrogen) atoms. The van der Waals surface area contributed by atoms with Crippen LogP contribution in [0.2, 0.25) is 5.02 Å². The molecule has 1 amide bonds. The second-order valence-corrected chi connectivity index (χ2v) is 10.1. The fourth-order valence-corrected chi connectivity index (χ4v) is 4.61. The molecule has 5 nitrogen and oxygen atoms in total. The molecular formula is C30H43ClN2O3S. The number of anilines is 1. The van der Waals surface area contributed by atoms with E-state index in [2.05, 4.69) is 49.6 Å². The monoisotopic (exact) mass is 546 g/mol. The van der Waals surface area contributed by atoms with E-state index < -0.39 is 5.91 Å². The van der Waals surface area contributed by atoms with Crippen molar-refractivity contribution in [3.8, 4) is 5.75 Å². The van der Waals surface area contributed by atoms with Gasteiger partial charge in [0.2, 0.25) is 5.91 Å². The Morgan fingerprint density at radius 2 is 1.97 bits per heavy atom. The van der Waals surface area contributed by atoms with Crippen molar-refractivity contribution in [1.82, 2.24) is 0 Å². The lowest BCUT2D eigenvalue weighted by molar-refractivity contribution is 0.1000. The zero-order valence-corrected chi connectivity index (χ0v) is 24.1. The first kappa shape index (κ1) is 31.1. The first-order chi connectivity index (χ1) is 17.9. The molecule has 1 unspecified atom stereocenters. The molecule has 0 heterocycles. The molecule has 0 aliphatic rings. The average molecular weight is 547 g/mol. The number of primary amides is 1. The van der Waals surface area contributed by atoms with Crippen LogP contribution in [0.3, 0.4) is 0 Å². The van der Waals surface area contributed by atoms with Crippen molar-refractivity contribution >= 4 is 35.8 Å². The van der Waals surface area contributed by atoms with Crippen molar-refractivity contribution in [2.45, 2.75) is 58.5 Å². The van der Waals surface area contributed by atoms with Crippen LogP contribution in [-0.4, -0.2) is 44.6 Å². The molecule has 0 bridgehead atoms.